The molecule has 0 atom stereocenters. The molecule has 8 heteroatoms. The molecule has 0 spiro atoms. The highest BCUT2D eigenvalue weighted by atomic mass is 35.5. The van der Waals surface area contributed by atoms with Crippen LogP contribution in [0, 0.1) is 0 Å². The number of nitrogens with zero attached hydrogens (tertiary/aromatic N) is 1. The molecule has 1 saturated carbocycles. The number of carbonyl (C=O) groups is 3. The molecule has 2 aromatic rings. The Morgan fingerprint density at radius 3 is 2.30 bits per heavy atom. The van der Waals surface area contributed by atoms with E-state index in [-0.39, 0.29) is 28.6 Å². The molecule has 0 aromatic heterocycles. The van der Waals surface area contributed by atoms with Crippen LogP contribution in [0.2, 0.25) is 5.02 Å². The van der Waals surface area contributed by atoms with E-state index in [1.54, 1.807) is 30.3 Å². The van der Waals surface area contributed by atoms with Gasteiger partial charge in [-0.1, -0.05) is 72.8 Å². The number of halogens is 2. The maximum Gasteiger partial charge on any atom is 0.278 e. The fourth-order valence-corrected chi connectivity index (χ4v) is 4.67. The summed E-state index contributed by atoms with van der Waals surface area (Å²) < 4.78 is 0. The lowest BCUT2D eigenvalue weighted by Crippen LogP contribution is -2.43. The lowest BCUT2D eigenvalue weighted by Gasteiger charge is -2.29. The number of nitrogens with one attached hydrogen (secondary N) is 2. The van der Waals surface area contributed by atoms with Crippen molar-refractivity contribution in [3.05, 3.63) is 81.0 Å². The predicted octanol–water partition coefficient (Wildman–Crippen LogP) is 4.51. The van der Waals surface area contributed by atoms with Gasteiger partial charge in [0.2, 0.25) is 0 Å². The van der Waals surface area contributed by atoms with Gasteiger partial charge in [0.05, 0.1) is 0 Å². The summed E-state index contributed by atoms with van der Waals surface area (Å²) in [6.45, 7) is 0.646. The first-order valence-corrected chi connectivity index (χ1v) is 11.8. The van der Waals surface area contributed by atoms with E-state index in [4.69, 9.17) is 23.2 Å². The first-order valence-electron chi connectivity index (χ1n) is 11.1. The third kappa shape index (κ3) is 5.23. The maximum absolute atomic E-state index is 12.8. The minimum Gasteiger partial charge on any atom is -0.375 e. The highest BCUT2D eigenvalue weighted by molar-refractivity contribution is 6.47. The molecule has 4 rings (SSSR count). The van der Waals surface area contributed by atoms with Gasteiger partial charge in [-0.05, 0) is 42.2 Å². The molecule has 0 saturated heterocycles. The van der Waals surface area contributed by atoms with Crippen molar-refractivity contribution in [3.63, 3.8) is 0 Å². The number of benzene rings is 2. The average molecular weight is 486 g/mol. The van der Waals surface area contributed by atoms with Gasteiger partial charge in [-0.3, -0.25) is 19.3 Å². The number of imide groups is 1. The maximum atomic E-state index is 12.8. The number of hydrogen-bond acceptors (Lipinski definition) is 4. The summed E-state index contributed by atoms with van der Waals surface area (Å²) in [4.78, 5) is 39.2. The molecule has 33 heavy (non-hydrogen) atoms. The molecule has 0 radical (unpaired) electrons. The van der Waals surface area contributed by atoms with Gasteiger partial charge in [0, 0.05) is 29.7 Å². The lowest BCUT2D eigenvalue weighted by molar-refractivity contribution is -0.140. The van der Waals surface area contributed by atoms with Crippen LogP contribution < -0.4 is 10.6 Å². The summed E-state index contributed by atoms with van der Waals surface area (Å²) in [5, 5.41) is 6.42. The molecule has 2 N–H and O–H groups in total. The summed E-state index contributed by atoms with van der Waals surface area (Å²) in [7, 11) is 0. The fraction of sp³-hybridized carbons (Fsp3) is 0.320. The van der Waals surface area contributed by atoms with Crippen molar-refractivity contribution >= 4 is 40.9 Å². The molecule has 1 aliphatic heterocycles. The fourth-order valence-electron chi connectivity index (χ4n) is 4.23. The highest BCUT2D eigenvalue weighted by Crippen LogP contribution is 2.30. The lowest BCUT2D eigenvalue weighted by atomic mass is 9.94. The van der Waals surface area contributed by atoms with Crippen LogP contribution in [0.25, 0.3) is 0 Å². The zero-order valence-corrected chi connectivity index (χ0v) is 19.6. The van der Waals surface area contributed by atoms with Crippen LogP contribution in [0.4, 0.5) is 0 Å². The largest absolute Gasteiger partial charge is 0.375 e. The zero-order valence-electron chi connectivity index (χ0n) is 18.1. The summed E-state index contributed by atoms with van der Waals surface area (Å²) >= 11 is 12.3. The second-order valence-electron chi connectivity index (χ2n) is 8.29. The molecule has 1 heterocycles. The van der Waals surface area contributed by atoms with Gasteiger partial charge in [-0.15, -0.1) is 0 Å². The number of rotatable bonds is 7. The molecule has 3 amide bonds. The topological polar surface area (TPSA) is 78.5 Å². The summed E-state index contributed by atoms with van der Waals surface area (Å²) in [5.41, 5.74) is 2.36. The van der Waals surface area contributed by atoms with Crippen LogP contribution in [0.5, 0.6) is 0 Å². The van der Waals surface area contributed by atoms with E-state index in [1.165, 1.54) is 4.90 Å². The second kappa shape index (κ2) is 10.4. The van der Waals surface area contributed by atoms with Crippen LogP contribution in [-0.2, 0) is 22.7 Å². The van der Waals surface area contributed by atoms with Crippen LogP contribution >= 0.6 is 23.2 Å². The molecule has 2 aromatic carbocycles. The molecule has 2 aliphatic rings. The quantitative estimate of drug-likeness (QED) is 0.565. The van der Waals surface area contributed by atoms with E-state index < -0.39 is 5.91 Å². The van der Waals surface area contributed by atoms with Gasteiger partial charge in [0.1, 0.15) is 10.7 Å². The summed E-state index contributed by atoms with van der Waals surface area (Å²) in [5.74, 6) is -0.978. The van der Waals surface area contributed by atoms with E-state index in [9.17, 15) is 14.4 Å². The monoisotopic (exact) mass is 485 g/mol. The SMILES string of the molecule is O=C(NCc1ccccc1Cl)c1ccc(CNC2=C(Cl)C(=O)N(C3CCCCC3)C2=O)cc1. The smallest absolute Gasteiger partial charge is 0.278 e. The van der Waals surface area contributed by atoms with Gasteiger partial charge in [-0.25, -0.2) is 0 Å². The normalized spacial score (nSPS) is 17.0. The first-order chi connectivity index (χ1) is 16.0. The molecular formula is C25H25Cl2N3O3. The molecular weight excluding hydrogens is 461 g/mol. The Hall–Kier alpha value is -2.83. The molecule has 1 aliphatic carbocycles. The number of hydrogen-bond donors (Lipinski definition) is 2. The van der Waals surface area contributed by atoms with E-state index in [0.29, 0.717) is 23.7 Å². The Morgan fingerprint density at radius 1 is 0.909 bits per heavy atom. The second-order valence-corrected chi connectivity index (χ2v) is 9.07. The van der Waals surface area contributed by atoms with Gasteiger partial charge in [0.25, 0.3) is 17.7 Å². The van der Waals surface area contributed by atoms with Crippen molar-refractivity contribution in [1.82, 2.24) is 15.5 Å². The van der Waals surface area contributed by atoms with Crippen LogP contribution in [-0.4, -0.2) is 28.7 Å². The third-order valence-electron chi connectivity index (χ3n) is 6.08. The Balaban J connectivity index is 1.33. The van der Waals surface area contributed by atoms with Crippen molar-refractivity contribution in [1.29, 1.82) is 0 Å². The van der Waals surface area contributed by atoms with Crippen molar-refractivity contribution < 1.29 is 14.4 Å². The Morgan fingerprint density at radius 2 is 1.61 bits per heavy atom. The van der Waals surface area contributed by atoms with Crippen molar-refractivity contribution in [2.75, 3.05) is 0 Å². The van der Waals surface area contributed by atoms with E-state index in [1.807, 2.05) is 18.2 Å². The number of amides is 3. The van der Waals surface area contributed by atoms with E-state index in [2.05, 4.69) is 10.6 Å². The first kappa shape index (κ1) is 23.3. The van der Waals surface area contributed by atoms with Crippen LogP contribution in [0.1, 0.15) is 53.6 Å². The molecule has 172 valence electrons. The Bertz CT molecular complexity index is 1090. The zero-order chi connectivity index (χ0) is 23.4. The Kier molecular flexibility index (Phi) is 7.36. The van der Waals surface area contributed by atoms with Gasteiger partial charge < -0.3 is 10.6 Å². The number of carbonyl (C=O) groups excluding carboxylic acids is 3. The third-order valence-corrected chi connectivity index (χ3v) is 6.80. The summed E-state index contributed by atoms with van der Waals surface area (Å²) in [6.07, 6.45) is 4.82. The van der Waals surface area contributed by atoms with Gasteiger partial charge in [-0.2, -0.15) is 0 Å². The molecule has 1 fully saturated rings. The van der Waals surface area contributed by atoms with Crippen LogP contribution in [0.3, 0.4) is 0 Å². The van der Waals surface area contributed by atoms with E-state index in [0.717, 1.165) is 43.2 Å². The van der Waals surface area contributed by atoms with Crippen molar-refractivity contribution in [2.24, 2.45) is 0 Å². The standard InChI is InChI=1S/C25H25Cl2N3O3/c26-20-9-5-4-6-18(20)15-29-23(31)17-12-10-16(11-13-17)14-28-22-21(27)24(32)30(25(22)33)19-7-2-1-3-8-19/h4-6,9-13,19,28H,1-3,7-8,14-15H2,(H,29,31). The predicted molar refractivity (Wildman–Crippen MR) is 128 cm³/mol. The summed E-state index contributed by atoms with van der Waals surface area (Å²) in [6, 6.07) is 14.3. The highest BCUT2D eigenvalue weighted by Gasteiger charge is 2.41. The van der Waals surface area contributed by atoms with Crippen molar-refractivity contribution in [2.45, 2.75) is 51.2 Å². The van der Waals surface area contributed by atoms with Crippen molar-refractivity contribution in [3.8, 4) is 0 Å². The minimum absolute atomic E-state index is 0.0545. The molecule has 6 nitrogen and oxygen atoms in total. The van der Waals surface area contributed by atoms with E-state index >= 15 is 0 Å². The average Bonchev–Trinajstić information content (AvgIpc) is 3.05. The van der Waals surface area contributed by atoms with Gasteiger partial charge in [0.15, 0.2) is 0 Å². The molecule has 0 unspecified atom stereocenters. The minimum atomic E-state index is -0.415. The molecule has 0 bridgehead atoms. The van der Waals surface area contributed by atoms with Gasteiger partial charge >= 0.3 is 0 Å². The Labute approximate surface area is 202 Å². The van der Waals surface area contributed by atoms with Crippen LogP contribution in [0.15, 0.2) is 59.3 Å².